The molecule has 0 saturated carbocycles. The van der Waals surface area contributed by atoms with Gasteiger partial charge in [0.2, 0.25) is 5.91 Å². The molecule has 4 rings (SSSR count). The quantitative estimate of drug-likeness (QED) is 0.300. The minimum atomic E-state index is -0.692. The fraction of sp³-hybridized carbons (Fsp3) is 0.280. The summed E-state index contributed by atoms with van der Waals surface area (Å²) in [4.78, 5) is 27.2. The fourth-order valence-corrected chi connectivity index (χ4v) is 3.92. The van der Waals surface area contributed by atoms with E-state index >= 15 is 0 Å². The van der Waals surface area contributed by atoms with Crippen LogP contribution in [-0.4, -0.2) is 76.4 Å². The number of hydrogen-bond acceptors (Lipinski definition) is 6. The maximum atomic E-state index is 14.8. The maximum absolute atomic E-state index is 14.8. The van der Waals surface area contributed by atoms with Crippen molar-refractivity contribution in [2.45, 2.75) is 13.8 Å². The summed E-state index contributed by atoms with van der Waals surface area (Å²) >= 11 is 0. The zero-order chi connectivity index (χ0) is 26.4. The zero-order valence-electron chi connectivity index (χ0n) is 20.6. The molecule has 3 N–H and O–H groups in total. The summed E-state index contributed by atoms with van der Waals surface area (Å²) in [6.07, 6.45) is 6.78. The number of halogens is 2. The average Bonchev–Trinajstić information content (AvgIpc) is 3.56. The highest BCUT2D eigenvalue weighted by Crippen LogP contribution is 2.28. The first-order chi connectivity index (χ1) is 17.9. The number of hydrogen-bond donors (Lipinski definition) is 3. The topological polar surface area (TPSA) is 114 Å². The van der Waals surface area contributed by atoms with Gasteiger partial charge < -0.3 is 24.8 Å². The molecule has 0 unspecified atom stereocenters. The summed E-state index contributed by atoms with van der Waals surface area (Å²) in [6.45, 7) is 8.84. The molecule has 0 spiro atoms. The minimum absolute atomic E-state index is 0.0499. The van der Waals surface area contributed by atoms with E-state index in [-0.39, 0.29) is 35.8 Å². The highest BCUT2D eigenvalue weighted by molar-refractivity contribution is 5.97. The number of H-pyrrole nitrogens is 2. The van der Waals surface area contributed by atoms with Crippen molar-refractivity contribution in [3.8, 4) is 5.75 Å². The molecule has 1 fully saturated rings. The Labute approximate surface area is 212 Å². The highest BCUT2D eigenvalue weighted by atomic mass is 19.1. The van der Waals surface area contributed by atoms with Crippen LogP contribution in [-0.2, 0) is 4.79 Å². The van der Waals surface area contributed by atoms with Crippen molar-refractivity contribution in [2.24, 2.45) is 9.98 Å². The first kappa shape index (κ1) is 25.6. The predicted molar refractivity (Wildman–Crippen MR) is 140 cm³/mol. The van der Waals surface area contributed by atoms with Crippen LogP contribution in [0.2, 0.25) is 0 Å². The smallest absolute Gasteiger partial charge is 0.242 e. The van der Waals surface area contributed by atoms with Crippen molar-refractivity contribution < 1.29 is 18.3 Å². The van der Waals surface area contributed by atoms with Crippen LogP contribution in [0.15, 0.2) is 52.4 Å². The number of aliphatic imine (C=N–C) groups is 2. The second-order valence-electron chi connectivity index (χ2n) is 8.14. The normalized spacial score (nSPS) is 15.2. The van der Waals surface area contributed by atoms with Crippen molar-refractivity contribution in [3.63, 3.8) is 0 Å². The van der Waals surface area contributed by atoms with E-state index < -0.39 is 11.6 Å². The van der Waals surface area contributed by atoms with Gasteiger partial charge >= 0.3 is 0 Å². The highest BCUT2D eigenvalue weighted by Gasteiger charge is 2.24. The lowest BCUT2D eigenvalue weighted by atomic mass is 10.2. The molecule has 3 heterocycles. The third-order valence-corrected chi connectivity index (χ3v) is 5.80. The molecule has 0 bridgehead atoms. The largest absolute Gasteiger partial charge is 0.468 e. The number of ether oxygens (including phenoxy) is 1. The van der Waals surface area contributed by atoms with Crippen LogP contribution in [0.1, 0.15) is 19.5 Å². The van der Waals surface area contributed by atoms with Gasteiger partial charge in [-0.25, -0.2) is 18.8 Å². The van der Waals surface area contributed by atoms with Gasteiger partial charge in [-0.1, -0.05) is 6.08 Å². The number of benzene rings is 1. The lowest BCUT2D eigenvalue weighted by Crippen LogP contribution is -2.51. The molecule has 0 aliphatic carbocycles. The number of aromatic amines is 2. The van der Waals surface area contributed by atoms with Crippen LogP contribution < -0.4 is 10.1 Å². The van der Waals surface area contributed by atoms with Gasteiger partial charge in [-0.15, -0.1) is 0 Å². The predicted octanol–water partition coefficient (Wildman–Crippen LogP) is 3.76. The lowest BCUT2D eigenvalue weighted by Gasteiger charge is -2.34. The number of carbonyl (C=O) groups is 1. The SMILES string of the molecule is C=N/C(=C\C(=N/COc1cc(F)c2[nH]ccc2c1F)N1CCN(CC)C(=O)C1)Nc1cc(/C=C/C)[nH]n1. The average molecular weight is 511 g/mol. The van der Waals surface area contributed by atoms with Crippen molar-refractivity contribution in [1.82, 2.24) is 25.0 Å². The first-order valence-electron chi connectivity index (χ1n) is 11.7. The Morgan fingerprint density at radius 2 is 2.19 bits per heavy atom. The molecule has 1 aromatic carbocycles. The Morgan fingerprint density at radius 1 is 1.35 bits per heavy atom. The van der Waals surface area contributed by atoms with E-state index in [0.717, 1.165) is 11.8 Å². The molecule has 12 heteroatoms. The molecule has 2 aromatic heterocycles. The maximum Gasteiger partial charge on any atom is 0.242 e. The van der Waals surface area contributed by atoms with E-state index in [2.05, 4.69) is 37.2 Å². The van der Waals surface area contributed by atoms with E-state index in [0.29, 0.717) is 37.1 Å². The molecular weight excluding hydrogens is 482 g/mol. The van der Waals surface area contributed by atoms with Crippen molar-refractivity contribution in [1.29, 1.82) is 0 Å². The molecule has 37 heavy (non-hydrogen) atoms. The molecule has 0 atom stereocenters. The molecule has 194 valence electrons. The number of likely N-dealkylation sites (N-methyl/N-ethyl adjacent to an activating group) is 1. The number of rotatable bonds is 9. The number of aromatic nitrogens is 3. The first-order valence-corrected chi connectivity index (χ1v) is 11.7. The molecule has 10 nitrogen and oxygen atoms in total. The van der Waals surface area contributed by atoms with Crippen LogP contribution in [0.4, 0.5) is 14.6 Å². The second-order valence-corrected chi connectivity index (χ2v) is 8.14. The third kappa shape index (κ3) is 5.85. The number of allylic oxidation sites excluding steroid dienone is 1. The Balaban J connectivity index is 1.58. The number of piperazine rings is 1. The summed E-state index contributed by atoms with van der Waals surface area (Å²) in [5.41, 5.74) is 0.860. The number of carbonyl (C=O) groups excluding carboxylic acids is 1. The molecule has 1 saturated heterocycles. The zero-order valence-corrected chi connectivity index (χ0v) is 20.6. The second kappa shape index (κ2) is 11.5. The van der Waals surface area contributed by atoms with Gasteiger partial charge in [0, 0.05) is 49.4 Å². The molecule has 3 aromatic rings. The van der Waals surface area contributed by atoms with Gasteiger partial charge in [-0.3, -0.25) is 9.89 Å². The fourth-order valence-electron chi connectivity index (χ4n) is 3.92. The van der Waals surface area contributed by atoms with Crippen LogP contribution in [0.3, 0.4) is 0 Å². The Morgan fingerprint density at radius 3 is 2.92 bits per heavy atom. The van der Waals surface area contributed by atoms with Crippen LogP contribution in [0.5, 0.6) is 5.75 Å². The molecule has 1 aliphatic rings. The number of nitrogens with one attached hydrogen (secondary N) is 3. The van der Waals surface area contributed by atoms with E-state index in [1.54, 1.807) is 21.9 Å². The summed E-state index contributed by atoms with van der Waals surface area (Å²) in [7, 11) is 0. The van der Waals surface area contributed by atoms with Crippen molar-refractivity contribution in [3.05, 3.63) is 59.7 Å². The molecule has 1 amide bonds. The van der Waals surface area contributed by atoms with E-state index in [9.17, 15) is 13.6 Å². The van der Waals surface area contributed by atoms with Crippen molar-refractivity contribution in [2.75, 3.05) is 38.2 Å². The summed E-state index contributed by atoms with van der Waals surface area (Å²) in [5.74, 6) is -0.447. The summed E-state index contributed by atoms with van der Waals surface area (Å²) in [5, 5.41) is 10.2. The van der Waals surface area contributed by atoms with Crippen molar-refractivity contribution >= 4 is 41.3 Å². The van der Waals surface area contributed by atoms with Crippen LogP contribution in [0, 0.1) is 11.6 Å². The van der Waals surface area contributed by atoms with Gasteiger partial charge in [0.1, 0.15) is 11.7 Å². The van der Waals surface area contributed by atoms with Crippen LogP contribution in [0.25, 0.3) is 17.0 Å². The van der Waals surface area contributed by atoms with E-state index in [4.69, 9.17) is 4.74 Å². The lowest BCUT2D eigenvalue weighted by molar-refractivity contribution is -0.134. The Bertz CT molecular complexity index is 1370. The number of fused-ring (bicyclic) bond motifs is 1. The minimum Gasteiger partial charge on any atom is -0.468 e. The van der Waals surface area contributed by atoms with Gasteiger partial charge in [0.15, 0.2) is 29.9 Å². The third-order valence-electron chi connectivity index (χ3n) is 5.80. The van der Waals surface area contributed by atoms with Crippen LogP contribution >= 0.6 is 0 Å². The van der Waals surface area contributed by atoms with Gasteiger partial charge in [-0.05, 0) is 32.7 Å². The molecule has 1 aliphatic heterocycles. The van der Waals surface area contributed by atoms with E-state index in [1.807, 2.05) is 26.0 Å². The molecule has 0 radical (unpaired) electrons. The number of amidine groups is 1. The summed E-state index contributed by atoms with van der Waals surface area (Å²) in [6, 6.07) is 4.19. The van der Waals surface area contributed by atoms with Gasteiger partial charge in [0.05, 0.1) is 17.8 Å². The molecular formula is C25H28F2N8O2. The standard InChI is InChI=1S/C25H28F2N8O2/c1-4-6-16-11-21(33-32-16)31-20(28-3)13-22(35-10-9-34(5-2)23(36)14-35)30-15-37-19-12-18(26)25-17(24(19)27)7-8-29-25/h4,6-8,11-13,29H,3,5,9-10,14-15H2,1-2H3,(H2,31,32,33)/b6-4+,20-13+,30-22+. The monoisotopic (exact) mass is 510 g/mol. The Kier molecular flexibility index (Phi) is 7.96. The summed E-state index contributed by atoms with van der Waals surface area (Å²) < 4.78 is 34.6. The van der Waals surface area contributed by atoms with Gasteiger partial charge in [0.25, 0.3) is 0 Å². The van der Waals surface area contributed by atoms with Gasteiger partial charge in [-0.2, -0.15) is 5.10 Å². The number of anilines is 1. The van der Waals surface area contributed by atoms with E-state index in [1.165, 1.54) is 12.3 Å². The Hall–Kier alpha value is -4.48. The number of nitrogens with zero attached hydrogens (tertiary/aromatic N) is 5. The number of amides is 1.